The van der Waals surface area contributed by atoms with Crippen LogP contribution in [0.3, 0.4) is 0 Å². The second-order valence-electron chi connectivity index (χ2n) is 7.03. The lowest BCUT2D eigenvalue weighted by molar-refractivity contribution is 0.155. The van der Waals surface area contributed by atoms with Crippen LogP contribution in [0.25, 0.3) is 5.70 Å². The van der Waals surface area contributed by atoms with Gasteiger partial charge in [0.25, 0.3) is 0 Å². The highest BCUT2D eigenvalue weighted by atomic mass is 16.3. The first-order valence-electron chi connectivity index (χ1n) is 9.45. The molecular formula is C22H26N6O. The quantitative estimate of drug-likeness (QED) is 0.569. The fraction of sp³-hybridized carbons (Fsp3) is 0.227. The molecule has 2 aromatic rings. The number of nitrogens with two attached hydrogens (primary N) is 3. The number of benzene rings is 2. The molecule has 150 valence electrons. The standard InChI is InChI=1S/C22H26N6O/c23-14-16-4-3-5-17(12-16)15-27-8-10-28(11-9-27)20(22(25)26)13-19(24)18-6-1-2-7-21(18)29/h1-7,12-13,29H,8-11,15,24-26H2/b19-13-. The number of para-hydroxylation sites is 1. The fourth-order valence-corrected chi connectivity index (χ4v) is 3.44. The first kappa shape index (κ1) is 20.1. The summed E-state index contributed by atoms with van der Waals surface area (Å²) in [5, 5.41) is 19.1. The van der Waals surface area contributed by atoms with Crippen LogP contribution in [0.2, 0.25) is 0 Å². The average Bonchev–Trinajstić information content (AvgIpc) is 2.73. The maximum atomic E-state index is 10.0. The molecule has 1 aliphatic heterocycles. The number of nitriles is 1. The molecule has 29 heavy (non-hydrogen) atoms. The van der Waals surface area contributed by atoms with Gasteiger partial charge in [-0.15, -0.1) is 0 Å². The van der Waals surface area contributed by atoms with Crippen molar-refractivity contribution in [1.29, 1.82) is 5.26 Å². The summed E-state index contributed by atoms with van der Waals surface area (Å²) in [6.45, 7) is 3.94. The highest BCUT2D eigenvalue weighted by Gasteiger charge is 2.20. The Balaban J connectivity index is 1.68. The number of rotatable bonds is 5. The Morgan fingerprint density at radius 1 is 1.03 bits per heavy atom. The predicted octanol–water partition coefficient (Wildman–Crippen LogP) is 1.47. The summed E-state index contributed by atoms with van der Waals surface area (Å²) in [7, 11) is 0. The van der Waals surface area contributed by atoms with Crippen molar-refractivity contribution in [3.8, 4) is 11.8 Å². The van der Waals surface area contributed by atoms with E-state index >= 15 is 0 Å². The molecule has 7 nitrogen and oxygen atoms in total. The third kappa shape index (κ3) is 5.00. The topological polar surface area (TPSA) is 129 Å². The van der Waals surface area contributed by atoms with Crippen LogP contribution >= 0.6 is 0 Å². The van der Waals surface area contributed by atoms with E-state index in [4.69, 9.17) is 22.5 Å². The van der Waals surface area contributed by atoms with Crippen molar-refractivity contribution in [2.45, 2.75) is 6.54 Å². The normalized spacial score (nSPS) is 15.0. The van der Waals surface area contributed by atoms with Crippen molar-refractivity contribution in [2.75, 3.05) is 26.2 Å². The minimum Gasteiger partial charge on any atom is -0.507 e. The van der Waals surface area contributed by atoms with E-state index in [1.807, 2.05) is 30.3 Å². The van der Waals surface area contributed by atoms with E-state index in [9.17, 15) is 5.11 Å². The molecule has 0 atom stereocenters. The Hall–Kier alpha value is -3.63. The highest BCUT2D eigenvalue weighted by molar-refractivity contribution is 5.69. The van der Waals surface area contributed by atoms with E-state index in [-0.39, 0.29) is 11.6 Å². The Morgan fingerprint density at radius 2 is 1.76 bits per heavy atom. The molecule has 3 rings (SSSR count). The first-order chi connectivity index (χ1) is 14.0. The van der Waals surface area contributed by atoms with Gasteiger partial charge in [-0.05, 0) is 35.9 Å². The molecule has 1 fully saturated rings. The zero-order valence-corrected chi connectivity index (χ0v) is 16.3. The van der Waals surface area contributed by atoms with Crippen molar-refractivity contribution < 1.29 is 5.11 Å². The molecule has 7 heteroatoms. The molecule has 1 heterocycles. The van der Waals surface area contributed by atoms with E-state index in [0.29, 0.717) is 22.5 Å². The van der Waals surface area contributed by atoms with Gasteiger partial charge in [-0.25, -0.2) is 0 Å². The molecule has 0 unspecified atom stereocenters. The lowest BCUT2D eigenvalue weighted by Gasteiger charge is -2.37. The summed E-state index contributed by atoms with van der Waals surface area (Å²) >= 11 is 0. The van der Waals surface area contributed by atoms with Gasteiger partial charge in [-0.1, -0.05) is 24.3 Å². The largest absolute Gasteiger partial charge is 0.507 e. The summed E-state index contributed by atoms with van der Waals surface area (Å²) in [5.74, 6) is 0.305. The second kappa shape index (κ2) is 9.04. The van der Waals surface area contributed by atoms with Gasteiger partial charge in [0.05, 0.1) is 17.3 Å². The van der Waals surface area contributed by atoms with Gasteiger partial charge in [0.1, 0.15) is 11.6 Å². The summed E-state index contributed by atoms with van der Waals surface area (Å²) < 4.78 is 0. The number of nitrogens with zero attached hydrogens (tertiary/aromatic N) is 3. The summed E-state index contributed by atoms with van der Waals surface area (Å²) in [6, 6.07) is 16.7. The van der Waals surface area contributed by atoms with Gasteiger partial charge in [0.15, 0.2) is 0 Å². The SMILES string of the molecule is N#Cc1cccc(CN2CCN(C(/C=C(\N)c3ccccc3O)=C(N)N)CC2)c1. The Kier molecular flexibility index (Phi) is 6.27. The van der Waals surface area contributed by atoms with Crippen LogP contribution in [0.1, 0.15) is 16.7 Å². The Bertz CT molecular complexity index is 963. The first-order valence-corrected chi connectivity index (χ1v) is 9.45. The number of phenols is 1. The van der Waals surface area contributed by atoms with Gasteiger partial charge in [0.2, 0.25) is 0 Å². The zero-order valence-electron chi connectivity index (χ0n) is 16.3. The number of phenolic OH excluding ortho intramolecular Hbond substituents is 1. The molecule has 0 aromatic heterocycles. The molecule has 2 aromatic carbocycles. The molecule has 1 saturated heterocycles. The molecule has 7 N–H and O–H groups in total. The maximum Gasteiger partial charge on any atom is 0.124 e. The van der Waals surface area contributed by atoms with E-state index in [1.165, 1.54) is 0 Å². The number of hydrogen-bond donors (Lipinski definition) is 4. The fourth-order valence-electron chi connectivity index (χ4n) is 3.44. The van der Waals surface area contributed by atoms with E-state index in [2.05, 4.69) is 15.9 Å². The molecule has 1 aliphatic rings. The molecule has 0 amide bonds. The van der Waals surface area contributed by atoms with E-state index in [0.717, 1.165) is 38.3 Å². The monoisotopic (exact) mass is 390 g/mol. The van der Waals surface area contributed by atoms with Crippen molar-refractivity contribution in [1.82, 2.24) is 9.80 Å². The number of allylic oxidation sites excluding steroid dienone is 1. The van der Waals surface area contributed by atoms with Crippen LogP contribution in [-0.2, 0) is 6.54 Å². The van der Waals surface area contributed by atoms with Crippen LogP contribution in [-0.4, -0.2) is 41.1 Å². The van der Waals surface area contributed by atoms with E-state index < -0.39 is 0 Å². The van der Waals surface area contributed by atoms with Crippen LogP contribution in [0.4, 0.5) is 0 Å². The molecule has 0 aliphatic carbocycles. The smallest absolute Gasteiger partial charge is 0.124 e. The number of aromatic hydroxyl groups is 1. The minimum atomic E-state index is 0.112. The van der Waals surface area contributed by atoms with E-state index in [1.54, 1.807) is 24.3 Å². The summed E-state index contributed by atoms with van der Waals surface area (Å²) in [4.78, 5) is 4.43. The third-order valence-corrected chi connectivity index (χ3v) is 4.98. The van der Waals surface area contributed by atoms with Crippen LogP contribution in [0.5, 0.6) is 5.75 Å². The third-order valence-electron chi connectivity index (χ3n) is 4.98. The molecule has 0 spiro atoms. The molecule has 0 bridgehead atoms. The molecule has 0 radical (unpaired) electrons. The molecule has 0 saturated carbocycles. The van der Waals surface area contributed by atoms with Gasteiger partial charge in [0, 0.05) is 44.0 Å². The predicted molar refractivity (Wildman–Crippen MR) is 114 cm³/mol. The van der Waals surface area contributed by atoms with Gasteiger partial charge >= 0.3 is 0 Å². The van der Waals surface area contributed by atoms with Gasteiger partial charge in [-0.3, -0.25) is 4.90 Å². The number of hydrogen-bond acceptors (Lipinski definition) is 7. The zero-order chi connectivity index (χ0) is 20.8. The maximum absolute atomic E-state index is 10.0. The van der Waals surface area contributed by atoms with Crippen LogP contribution in [0.15, 0.2) is 66.1 Å². The summed E-state index contributed by atoms with van der Waals surface area (Å²) in [5.41, 5.74) is 21.5. The summed E-state index contributed by atoms with van der Waals surface area (Å²) in [6.07, 6.45) is 1.72. The van der Waals surface area contributed by atoms with Gasteiger partial charge < -0.3 is 27.2 Å². The van der Waals surface area contributed by atoms with Crippen molar-refractivity contribution in [2.24, 2.45) is 17.2 Å². The average molecular weight is 390 g/mol. The lowest BCUT2D eigenvalue weighted by atomic mass is 10.1. The van der Waals surface area contributed by atoms with Crippen LogP contribution < -0.4 is 17.2 Å². The lowest BCUT2D eigenvalue weighted by Crippen LogP contribution is -2.46. The molecular weight excluding hydrogens is 364 g/mol. The van der Waals surface area contributed by atoms with Crippen molar-refractivity contribution >= 4 is 5.70 Å². The highest BCUT2D eigenvalue weighted by Crippen LogP contribution is 2.23. The minimum absolute atomic E-state index is 0.112. The van der Waals surface area contributed by atoms with Crippen molar-refractivity contribution in [3.05, 3.63) is 82.8 Å². The second-order valence-corrected chi connectivity index (χ2v) is 7.03. The Morgan fingerprint density at radius 3 is 2.41 bits per heavy atom. The Labute approximate surface area is 170 Å². The number of piperazine rings is 1. The van der Waals surface area contributed by atoms with Crippen LogP contribution in [0, 0.1) is 11.3 Å². The van der Waals surface area contributed by atoms with Gasteiger partial charge in [-0.2, -0.15) is 5.26 Å². The van der Waals surface area contributed by atoms with Crippen molar-refractivity contribution in [3.63, 3.8) is 0 Å².